The van der Waals surface area contributed by atoms with Gasteiger partial charge in [-0.05, 0) is 42.8 Å². The van der Waals surface area contributed by atoms with E-state index in [0.717, 1.165) is 37.3 Å². The maximum absolute atomic E-state index is 9.55. The molecule has 2 aromatic carbocycles. The average Bonchev–Trinajstić information content (AvgIpc) is 2.77. The summed E-state index contributed by atoms with van der Waals surface area (Å²) in [6, 6.07) is 18.2. The van der Waals surface area contributed by atoms with Gasteiger partial charge >= 0.3 is 0 Å². The first-order chi connectivity index (χ1) is 14.2. The molecule has 4 heteroatoms. The predicted molar refractivity (Wildman–Crippen MR) is 124 cm³/mol. The lowest BCUT2D eigenvalue weighted by molar-refractivity contribution is 0.252. The van der Waals surface area contributed by atoms with Crippen LogP contribution in [0.5, 0.6) is 0 Å². The molecule has 0 unspecified atom stereocenters. The molecule has 1 fully saturated rings. The Morgan fingerprint density at radius 3 is 2.38 bits per heavy atom. The van der Waals surface area contributed by atoms with Crippen LogP contribution in [0.15, 0.2) is 48.5 Å². The van der Waals surface area contributed by atoms with E-state index in [-0.39, 0.29) is 0 Å². The maximum atomic E-state index is 9.55. The number of nitrogens with zero attached hydrogens (tertiary/aromatic N) is 3. The molecular weight excluding hydrogens is 378 g/mol. The third-order valence-electron chi connectivity index (χ3n) is 5.55. The van der Waals surface area contributed by atoms with E-state index in [1.54, 1.807) is 0 Å². The van der Waals surface area contributed by atoms with Gasteiger partial charge in [-0.3, -0.25) is 4.90 Å². The maximum Gasteiger partial charge on any atom is 0.0998 e. The minimum atomic E-state index is 0.583. The number of rotatable bonds is 8. The van der Waals surface area contributed by atoms with Crippen molar-refractivity contribution in [3.63, 3.8) is 0 Å². The van der Waals surface area contributed by atoms with Gasteiger partial charge in [0.25, 0.3) is 0 Å². The fraction of sp³-hybridized carbons (Fsp3) is 0.400. The van der Waals surface area contributed by atoms with Crippen molar-refractivity contribution in [1.82, 2.24) is 4.90 Å². The summed E-state index contributed by atoms with van der Waals surface area (Å²) in [6.07, 6.45) is 7.23. The van der Waals surface area contributed by atoms with E-state index in [1.807, 2.05) is 30.3 Å². The highest BCUT2D eigenvalue weighted by Gasteiger charge is 2.16. The first kappa shape index (κ1) is 21.4. The topological polar surface area (TPSA) is 30.3 Å². The van der Waals surface area contributed by atoms with Gasteiger partial charge in [-0.25, -0.2) is 0 Å². The fourth-order valence-corrected chi connectivity index (χ4v) is 4.03. The molecule has 1 aliphatic rings. The number of piperazine rings is 1. The van der Waals surface area contributed by atoms with Crippen molar-refractivity contribution < 1.29 is 0 Å². The molecule has 1 aliphatic heterocycles. The quantitative estimate of drug-likeness (QED) is 0.300. The van der Waals surface area contributed by atoms with Crippen LogP contribution < -0.4 is 4.90 Å². The van der Waals surface area contributed by atoms with E-state index in [1.165, 1.54) is 37.9 Å². The van der Waals surface area contributed by atoms with Gasteiger partial charge in [-0.1, -0.05) is 68.1 Å². The summed E-state index contributed by atoms with van der Waals surface area (Å²) >= 11 is 6.25. The van der Waals surface area contributed by atoms with Gasteiger partial charge in [-0.15, -0.1) is 0 Å². The zero-order valence-corrected chi connectivity index (χ0v) is 18.0. The highest BCUT2D eigenvalue weighted by Crippen LogP contribution is 2.26. The third-order valence-corrected chi connectivity index (χ3v) is 5.88. The lowest BCUT2D eigenvalue weighted by Gasteiger charge is -2.36. The Labute approximate surface area is 180 Å². The zero-order chi connectivity index (χ0) is 20.5. The molecule has 0 saturated carbocycles. The van der Waals surface area contributed by atoms with E-state index in [4.69, 9.17) is 11.6 Å². The largest absolute Gasteiger partial charge is 0.369 e. The standard InChI is InChI=1S/C25H30ClN3/c1-2-3-4-7-14-28-15-17-29(18-16-28)23-12-10-21(11-13-23)19-22(20-27)24-8-5-6-9-25(24)26/h5-6,8-13,19H,2-4,7,14-18H2,1H3. The number of unbranched alkanes of at least 4 members (excludes halogenated alkanes) is 3. The molecule has 0 bridgehead atoms. The number of nitriles is 1. The summed E-state index contributed by atoms with van der Waals surface area (Å²) < 4.78 is 0. The van der Waals surface area contributed by atoms with Crippen molar-refractivity contribution >= 4 is 28.9 Å². The Bertz CT molecular complexity index is 843. The second-order valence-electron chi connectivity index (χ2n) is 7.63. The van der Waals surface area contributed by atoms with Crippen LogP contribution in [0.3, 0.4) is 0 Å². The molecule has 3 nitrogen and oxygen atoms in total. The smallest absolute Gasteiger partial charge is 0.0998 e. The molecular formula is C25H30ClN3. The van der Waals surface area contributed by atoms with Crippen LogP contribution in [-0.2, 0) is 0 Å². The molecule has 0 radical (unpaired) electrons. The first-order valence-electron chi connectivity index (χ1n) is 10.7. The lowest BCUT2D eigenvalue weighted by atomic mass is 10.0. The number of anilines is 1. The van der Waals surface area contributed by atoms with Crippen molar-refractivity contribution in [2.75, 3.05) is 37.6 Å². The number of hydrogen-bond acceptors (Lipinski definition) is 3. The molecule has 1 heterocycles. The summed E-state index contributed by atoms with van der Waals surface area (Å²) in [7, 11) is 0. The summed E-state index contributed by atoms with van der Waals surface area (Å²) in [4.78, 5) is 5.04. The highest BCUT2D eigenvalue weighted by atomic mass is 35.5. The second-order valence-corrected chi connectivity index (χ2v) is 8.04. The van der Waals surface area contributed by atoms with Gasteiger partial charge in [0, 0.05) is 42.5 Å². The van der Waals surface area contributed by atoms with Gasteiger partial charge < -0.3 is 4.90 Å². The number of halogens is 1. The molecule has 3 rings (SSSR count). The van der Waals surface area contributed by atoms with Gasteiger partial charge in [0.1, 0.15) is 0 Å². The molecule has 0 aliphatic carbocycles. The van der Waals surface area contributed by atoms with E-state index in [2.05, 4.69) is 47.1 Å². The zero-order valence-electron chi connectivity index (χ0n) is 17.3. The van der Waals surface area contributed by atoms with Gasteiger partial charge in [0.05, 0.1) is 11.6 Å². The third kappa shape index (κ3) is 6.10. The fourth-order valence-electron chi connectivity index (χ4n) is 3.79. The Morgan fingerprint density at radius 2 is 1.72 bits per heavy atom. The second kappa shape index (κ2) is 11.0. The first-order valence-corrected chi connectivity index (χ1v) is 11.0. The average molecular weight is 408 g/mol. The van der Waals surface area contributed by atoms with Crippen LogP contribution in [0.4, 0.5) is 5.69 Å². The van der Waals surface area contributed by atoms with E-state index >= 15 is 0 Å². The van der Waals surface area contributed by atoms with Crippen LogP contribution >= 0.6 is 11.6 Å². The summed E-state index contributed by atoms with van der Waals surface area (Å²) in [5, 5.41) is 10.2. The predicted octanol–water partition coefficient (Wildman–Crippen LogP) is 6.11. The normalized spacial score (nSPS) is 15.3. The van der Waals surface area contributed by atoms with Gasteiger partial charge in [-0.2, -0.15) is 5.26 Å². The SMILES string of the molecule is CCCCCCN1CCN(c2ccc(C=C(C#N)c3ccccc3Cl)cc2)CC1. The van der Waals surface area contributed by atoms with E-state index < -0.39 is 0 Å². The van der Waals surface area contributed by atoms with Crippen molar-refractivity contribution in [2.24, 2.45) is 0 Å². The minimum absolute atomic E-state index is 0.583. The van der Waals surface area contributed by atoms with Crippen LogP contribution in [-0.4, -0.2) is 37.6 Å². The van der Waals surface area contributed by atoms with Gasteiger partial charge in [0.2, 0.25) is 0 Å². The molecule has 1 saturated heterocycles. The van der Waals surface area contributed by atoms with E-state index in [0.29, 0.717) is 10.6 Å². The Kier molecular flexibility index (Phi) is 8.16. The minimum Gasteiger partial charge on any atom is -0.369 e. The molecule has 152 valence electrons. The van der Waals surface area contributed by atoms with Gasteiger partial charge in [0.15, 0.2) is 0 Å². The van der Waals surface area contributed by atoms with Crippen LogP contribution in [0.2, 0.25) is 5.02 Å². The Hall–Kier alpha value is -2.28. The van der Waals surface area contributed by atoms with Crippen LogP contribution in [0.1, 0.15) is 43.7 Å². The van der Waals surface area contributed by atoms with Crippen LogP contribution in [0.25, 0.3) is 11.6 Å². The monoisotopic (exact) mass is 407 g/mol. The summed E-state index contributed by atoms with van der Waals surface area (Å²) in [6.45, 7) is 7.92. The Morgan fingerprint density at radius 1 is 1.00 bits per heavy atom. The van der Waals surface area contributed by atoms with E-state index in [9.17, 15) is 5.26 Å². The molecule has 2 aromatic rings. The van der Waals surface area contributed by atoms with Crippen molar-refractivity contribution in [3.8, 4) is 6.07 Å². The highest BCUT2D eigenvalue weighted by molar-refractivity contribution is 6.32. The summed E-state index contributed by atoms with van der Waals surface area (Å²) in [5.74, 6) is 0. The number of allylic oxidation sites excluding steroid dienone is 1. The summed E-state index contributed by atoms with van der Waals surface area (Å²) in [5.41, 5.74) is 3.62. The van der Waals surface area contributed by atoms with Crippen LogP contribution in [0, 0.1) is 11.3 Å². The number of benzene rings is 2. The molecule has 29 heavy (non-hydrogen) atoms. The van der Waals surface area contributed by atoms with Crippen molar-refractivity contribution in [3.05, 3.63) is 64.7 Å². The molecule has 0 N–H and O–H groups in total. The molecule has 0 amide bonds. The Balaban J connectivity index is 1.58. The molecule has 0 spiro atoms. The van der Waals surface area contributed by atoms with Crippen molar-refractivity contribution in [1.29, 1.82) is 5.26 Å². The van der Waals surface area contributed by atoms with Crippen molar-refractivity contribution in [2.45, 2.75) is 32.6 Å². The number of hydrogen-bond donors (Lipinski definition) is 0. The molecule has 0 atom stereocenters. The molecule has 0 aromatic heterocycles. The lowest BCUT2D eigenvalue weighted by Crippen LogP contribution is -2.46.